The Bertz CT molecular complexity index is 709. The van der Waals surface area contributed by atoms with Gasteiger partial charge in [0.2, 0.25) is 11.0 Å². The number of amides is 1. The van der Waals surface area contributed by atoms with Crippen molar-refractivity contribution in [2.24, 2.45) is 0 Å². The van der Waals surface area contributed by atoms with E-state index in [0.29, 0.717) is 19.0 Å². The number of nitrogens with zero attached hydrogens (tertiary/aromatic N) is 3. The van der Waals surface area contributed by atoms with Gasteiger partial charge in [0.05, 0.1) is 0 Å². The quantitative estimate of drug-likeness (QED) is 0.691. The first-order valence-electron chi connectivity index (χ1n) is 9.56. The predicted molar refractivity (Wildman–Crippen MR) is 107 cm³/mol. The van der Waals surface area contributed by atoms with E-state index in [-0.39, 0.29) is 5.91 Å². The summed E-state index contributed by atoms with van der Waals surface area (Å²) in [6.07, 6.45) is 5.75. The number of hydrogen-bond acceptors (Lipinski definition) is 5. The number of aryl methyl sites for hydroxylation is 1. The summed E-state index contributed by atoms with van der Waals surface area (Å²) in [5.74, 6) is 1.01. The van der Waals surface area contributed by atoms with Crippen LogP contribution in [0.4, 0.5) is 5.13 Å². The minimum atomic E-state index is 0.151. The Morgan fingerprint density at radius 3 is 2.73 bits per heavy atom. The summed E-state index contributed by atoms with van der Waals surface area (Å²) in [5.41, 5.74) is 2.49. The average Bonchev–Trinajstić information content (AvgIpc) is 3.32. The van der Waals surface area contributed by atoms with Crippen LogP contribution in [0.5, 0.6) is 0 Å². The van der Waals surface area contributed by atoms with E-state index in [4.69, 9.17) is 4.98 Å². The molecule has 0 saturated heterocycles. The summed E-state index contributed by atoms with van der Waals surface area (Å²) >= 11 is 1.44. The maximum Gasteiger partial charge on any atom is 0.221 e. The van der Waals surface area contributed by atoms with Gasteiger partial charge in [0.25, 0.3) is 0 Å². The fourth-order valence-electron chi connectivity index (χ4n) is 2.75. The first kappa shape index (κ1) is 18.8. The van der Waals surface area contributed by atoms with Gasteiger partial charge in [0, 0.05) is 43.5 Å². The van der Waals surface area contributed by atoms with Gasteiger partial charge in [-0.05, 0) is 31.7 Å². The second-order valence-corrected chi connectivity index (χ2v) is 7.82. The molecule has 3 rings (SSSR count). The molecule has 1 amide bonds. The van der Waals surface area contributed by atoms with E-state index in [2.05, 4.69) is 52.7 Å². The number of nitrogens with one attached hydrogen (secondary N) is 1. The van der Waals surface area contributed by atoms with E-state index >= 15 is 0 Å². The molecule has 140 valence electrons. The van der Waals surface area contributed by atoms with E-state index in [9.17, 15) is 4.79 Å². The predicted octanol–water partition coefficient (Wildman–Crippen LogP) is 3.71. The Morgan fingerprint density at radius 1 is 1.27 bits per heavy atom. The molecule has 0 spiro atoms. The maximum absolute atomic E-state index is 12.0. The van der Waals surface area contributed by atoms with Gasteiger partial charge >= 0.3 is 0 Å². The second-order valence-electron chi connectivity index (χ2n) is 7.09. The number of aromatic nitrogens is 2. The van der Waals surface area contributed by atoms with Gasteiger partial charge in [-0.25, -0.2) is 4.98 Å². The lowest BCUT2D eigenvalue weighted by Gasteiger charge is -2.20. The molecule has 1 aromatic carbocycles. The molecule has 5 nitrogen and oxygen atoms in total. The smallest absolute Gasteiger partial charge is 0.221 e. The van der Waals surface area contributed by atoms with Crippen molar-refractivity contribution in [1.82, 2.24) is 14.7 Å². The van der Waals surface area contributed by atoms with Gasteiger partial charge in [-0.3, -0.25) is 4.79 Å². The Balaban J connectivity index is 1.59. The molecule has 26 heavy (non-hydrogen) atoms. The maximum atomic E-state index is 12.0. The monoisotopic (exact) mass is 372 g/mol. The second kappa shape index (κ2) is 9.12. The Hall–Kier alpha value is -1.95. The molecule has 6 heteroatoms. The van der Waals surface area contributed by atoms with E-state index in [1.165, 1.54) is 22.7 Å². The summed E-state index contributed by atoms with van der Waals surface area (Å²) in [6.45, 7) is 5.90. The zero-order chi connectivity index (χ0) is 18.4. The molecule has 1 aliphatic carbocycles. The molecule has 0 atom stereocenters. The van der Waals surface area contributed by atoms with Gasteiger partial charge in [0.15, 0.2) is 0 Å². The molecule has 1 heterocycles. The third-order valence-corrected chi connectivity index (χ3v) is 5.36. The van der Waals surface area contributed by atoms with Crippen molar-refractivity contribution in [1.29, 1.82) is 0 Å². The molecule has 1 saturated carbocycles. The minimum absolute atomic E-state index is 0.151. The van der Waals surface area contributed by atoms with Crippen LogP contribution in [0.3, 0.4) is 0 Å². The molecule has 1 fully saturated rings. The van der Waals surface area contributed by atoms with E-state index in [1.807, 2.05) is 0 Å². The Kier molecular flexibility index (Phi) is 6.61. The first-order valence-corrected chi connectivity index (χ1v) is 10.3. The van der Waals surface area contributed by atoms with Crippen molar-refractivity contribution in [3.63, 3.8) is 0 Å². The Morgan fingerprint density at radius 2 is 2.04 bits per heavy atom. The highest BCUT2D eigenvalue weighted by molar-refractivity contribution is 7.09. The highest BCUT2D eigenvalue weighted by Gasteiger charge is 2.23. The van der Waals surface area contributed by atoms with Gasteiger partial charge in [0.1, 0.15) is 5.82 Å². The van der Waals surface area contributed by atoms with E-state index in [0.717, 1.165) is 49.6 Å². The zero-order valence-electron chi connectivity index (χ0n) is 15.7. The highest BCUT2D eigenvalue weighted by atomic mass is 32.1. The number of rotatable bonds is 10. The molecular formula is C20H28N4OS. The number of unbranched alkanes of at least 4 members (excludes halogenated alkanes) is 1. The van der Waals surface area contributed by atoms with Gasteiger partial charge in [-0.2, -0.15) is 4.37 Å². The molecule has 1 aromatic heterocycles. The normalized spacial score (nSPS) is 13.6. The molecule has 1 N–H and O–H groups in total. The fraction of sp³-hybridized carbons (Fsp3) is 0.550. The van der Waals surface area contributed by atoms with Crippen LogP contribution in [0.2, 0.25) is 0 Å². The average molecular weight is 373 g/mol. The minimum Gasteiger partial charge on any atom is -0.353 e. The van der Waals surface area contributed by atoms with Crippen molar-refractivity contribution in [2.75, 3.05) is 18.0 Å². The lowest BCUT2D eigenvalue weighted by Crippen LogP contribution is -2.32. The van der Waals surface area contributed by atoms with Gasteiger partial charge < -0.3 is 10.2 Å². The number of benzene rings is 1. The molecule has 0 radical (unpaired) electrons. The Labute approximate surface area is 160 Å². The van der Waals surface area contributed by atoms with Crippen molar-refractivity contribution < 1.29 is 4.79 Å². The highest BCUT2D eigenvalue weighted by Crippen LogP contribution is 2.21. The van der Waals surface area contributed by atoms with E-state index < -0.39 is 0 Å². The number of anilines is 1. The number of carbonyl (C=O) groups excluding carboxylic acids is 1. The van der Waals surface area contributed by atoms with Crippen LogP contribution in [0.1, 0.15) is 56.0 Å². The lowest BCUT2D eigenvalue weighted by molar-refractivity contribution is -0.121. The van der Waals surface area contributed by atoms with Crippen LogP contribution < -0.4 is 10.2 Å². The summed E-state index contributed by atoms with van der Waals surface area (Å²) in [4.78, 5) is 19.0. The van der Waals surface area contributed by atoms with Crippen LogP contribution in [-0.4, -0.2) is 34.4 Å². The van der Waals surface area contributed by atoms with Crippen LogP contribution in [0, 0.1) is 6.92 Å². The van der Waals surface area contributed by atoms with Crippen LogP contribution in [0.25, 0.3) is 0 Å². The standard InChI is InChI=1S/C20H28N4OS/c1-3-4-12-24(13-11-19(25)21-17-9-10-17)20-22-18(23-26-20)14-16-7-5-15(2)6-8-16/h5-8,17H,3-4,9-14H2,1-2H3,(H,21,25). The molecule has 2 aromatic rings. The summed E-state index contributed by atoms with van der Waals surface area (Å²) in [6, 6.07) is 8.93. The van der Waals surface area contributed by atoms with Gasteiger partial charge in [-0.1, -0.05) is 43.2 Å². The third kappa shape index (κ3) is 5.80. The topological polar surface area (TPSA) is 58.1 Å². The third-order valence-electron chi connectivity index (χ3n) is 4.54. The lowest BCUT2D eigenvalue weighted by atomic mass is 10.1. The van der Waals surface area contributed by atoms with Crippen LogP contribution >= 0.6 is 11.5 Å². The SMILES string of the molecule is CCCCN(CCC(=O)NC1CC1)c1nc(Cc2ccc(C)cc2)ns1. The number of hydrogen-bond donors (Lipinski definition) is 1. The molecule has 0 bridgehead atoms. The summed E-state index contributed by atoms with van der Waals surface area (Å²) in [7, 11) is 0. The van der Waals surface area contributed by atoms with Crippen LogP contribution in [0.15, 0.2) is 24.3 Å². The largest absolute Gasteiger partial charge is 0.353 e. The molecule has 0 aliphatic heterocycles. The first-order chi connectivity index (χ1) is 12.6. The molecular weight excluding hydrogens is 344 g/mol. The zero-order valence-corrected chi connectivity index (χ0v) is 16.5. The van der Waals surface area contributed by atoms with Crippen molar-refractivity contribution in [2.45, 2.75) is 58.4 Å². The van der Waals surface area contributed by atoms with Crippen molar-refractivity contribution in [3.8, 4) is 0 Å². The molecule has 0 unspecified atom stereocenters. The number of carbonyl (C=O) groups is 1. The fourth-order valence-corrected chi connectivity index (χ4v) is 3.49. The van der Waals surface area contributed by atoms with E-state index in [1.54, 1.807) is 0 Å². The van der Waals surface area contributed by atoms with Crippen molar-refractivity contribution >= 4 is 22.6 Å². The van der Waals surface area contributed by atoms with Gasteiger partial charge in [-0.15, -0.1) is 0 Å². The summed E-state index contributed by atoms with van der Waals surface area (Å²) < 4.78 is 4.54. The van der Waals surface area contributed by atoms with Crippen molar-refractivity contribution in [3.05, 3.63) is 41.2 Å². The summed E-state index contributed by atoms with van der Waals surface area (Å²) in [5, 5.41) is 3.99. The molecule has 1 aliphatic rings. The van der Waals surface area contributed by atoms with Crippen LogP contribution in [-0.2, 0) is 11.2 Å².